The van der Waals surface area contributed by atoms with Gasteiger partial charge < -0.3 is 4.74 Å². The molecule has 1 aliphatic carbocycles. The second-order valence-corrected chi connectivity index (χ2v) is 6.99. The van der Waals surface area contributed by atoms with E-state index in [1.807, 2.05) is 13.2 Å². The first kappa shape index (κ1) is 12.1. The van der Waals surface area contributed by atoms with Crippen LogP contribution in [0.4, 0.5) is 0 Å². The molecule has 0 radical (unpaired) electrons. The lowest BCUT2D eigenvalue weighted by atomic mass is 10.1. The van der Waals surface area contributed by atoms with Gasteiger partial charge in [-0.3, -0.25) is 4.68 Å². The molecule has 0 aromatic carbocycles. The quantitative estimate of drug-likeness (QED) is 0.856. The zero-order valence-electron chi connectivity index (χ0n) is 10.2. The van der Waals surface area contributed by atoms with Gasteiger partial charge in [-0.15, -0.1) is 0 Å². The van der Waals surface area contributed by atoms with Crippen LogP contribution in [0.2, 0.25) is 0 Å². The summed E-state index contributed by atoms with van der Waals surface area (Å²) in [7, 11) is -1.33. The van der Waals surface area contributed by atoms with Gasteiger partial charge in [0.05, 0.1) is 17.5 Å². The fourth-order valence-electron chi connectivity index (χ4n) is 2.31. The fraction of sp³-hybridized carbons (Fsp3) is 0.727. The van der Waals surface area contributed by atoms with Crippen LogP contribution in [0.1, 0.15) is 30.9 Å². The van der Waals surface area contributed by atoms with Crippen LogP contribution in [-0.2, 0) is 21.8 Å². The first-order chi connectivity index (χ1) is 8.56. The Balaban J connectivity index is 1.75. The topological polar surface area (TPSA) is 73.2 Å². The molecule has 2 aliphatic rings. The molecule has 3 rings (SSSR count). The number of rotatable bonds is 4. The summed E-state index contributed by atoms with van der Waals surface area (Å²) in [6.45, 7) is 0.581. The lowest BCUT2D eigenvalue weighted by Gasteiger charge is -2.18. The van der Waals surface area contributed by atoms with Crippen LogP contribution in [-0.4, -0.2) is 36.1 Å². The molecule has 1 aromatic heterocycles. The standard InChI is InChI=1S/C11H17N3O3S/c1-14-7-8(6-12-14)11-10(4-5-17-11)13-18(15,16)9-2-3-9/h6-7,9-11,13H,2-5H2,1H3/t10-,11+/m0/s1. The fourth-order valence-corrected chi connectivity index (χ4v) is 3.92. The lowest BCUT2D eigenvalue weighted by molar-refractivity contribution is 0.102. The highest BCUT2D eigenvalue weighted by Gasteiger charge is 2.40. The van der Waals surface area contributed by atoms with E-state index < -0.39 is 10.0 Å². The first-order valence-corrected chi connectivity index (χ1v) is 7.72. The Morgan fingerprint density at radius 2 is 2.22 bits per heavy atom. The second kappa shape index (κ2) is 4.32. The minimum atomic E-state index is -3.16. The van der Waals surface area contributed by atoms with Crippen molar-refractivity contribution in [2.24, 2.45) is 7.05 Å². The second-order valence-electron chi connectivity index (χ2n) is 5.00. The summed E-state index contributed by atoms with van der Waals surface area (Å²) in [4.78, 5) is 0. The number of hydrogen-bond donors (Lipinski definition) is 1. The minimum absolute atomic E-state index is 0.167. The smallest absolute Gasteiger partial charge is 0.214 e. The molecule has 0 spiro atoms. The number of hydrogen-bond acceptors (Lipinski definition) is 4. The zero-order valence-corrected chi connectivity index (χ0v) is 11.1. The molecule has 18 heavy (non-hydrogen) atoms. The normalized spacial score (nSPS) is 28.7. The maximum Gasteiger partial charge on any atom is 0.214 e. The van der Waals surface area contributed by atoms with Crippen LogP contribution in [0.3, 0.4) is 0 Å². The molecule has 0 unspecified atom stereocenters. The average Bonchev–Trinajstić information content (AvgIpc) is 2.96. The number of nitrogens with one attached hydrogen (secondary N) is 1. The van der Waals surface area contributed by atoms with E-state index in [1.165, 1.54) is 0 Å². The van der Waals surface area contributed by atoms with Crippen molar-refractivity contribution in [1.29, 1.82) is 0 Å². The summed E-state index contributed by atoms with van der Waals surface area (Å²) in [6.07, 6.45) is 5.65. The van der Waals surface area contributed by atoms with Gasteiger partial charge in [0.25, 0.3) is 0 Å². The maximum absolute atomic E-state index is 11.9. The molecule has 6 nitrogen and oxygen atoms in total. The van der Waals surface area contributed by atoms with E-state index in [0.717, 1.165) is 18.4 Å². The van der Waals surface area contributed by atoms with Gasteiger partial charge in [-0.25, -0.2) is 13.1 Å². The van der Waals surface area contributed by atoms with Crippen molar-refractivity contribution >= 4 is 10.0 Å². The number of sulfonamides is 1. The molecule has 1 aliphatic heterocycles. The molecule has 0 bridgehead atoms. The van der Waals surface area contributed by atoms with Crippen molar-refractivity contribution in [3.63, 3.8) is 0 Å². The molecule has 1 saturated heterocycles. The van der Waals surface area contributed by atoms with Crippen LogP contribution < -0.4 is 4.72 Å². The van der Waals surface area contributed by atoms with E-state index >= 15 is 0 Å². The van der Waals surface area contributed by atoms with E-state index in [2.05, 4.69) is 9.82 Å². The van der Waals surface area contributed by atoms with Crippen molar-refractivity contribution in [3.05, 3.63) is 18.0 Å². The van der Waals surface area contributed by atoms with Crippen molar-refractivity contribution in [3.8, 4) is 0 Å². The third-order valence-corrected chi connectivity index (χ3v) is 5.40. The number of nitrogens with zero attached hydrogens (tertiary/aromatic N) is 2. The van der Waals surface area contributed by atoms with Gasteiger partial charge in [-0.1, -0.05) is 0 Å². The van der Waals surface area contributed by atoms with Crippen LogP contribution in [0.5, 0.6) is 0 Å². The van der Waals surface area contributed by atoms with Crippen molar-refractivity contribution < 1.29 is 13.2 Å². The molecular formula is C11H17N3O3S. The summed E-state index contributed by atoms with van der Waals surface area (Å²) < 4.78 is 34.0. The Morgan fingerprint density at radius 3 is 2.83 bits per heavy atom. The predicted molar refractivity (Wildman–Crippen MR) is 65.4 cm³/mol. The van der Waals surface area contributed by atoms with E-state index in [4.69, 9.17) is 4.74 Å². The van der Waals surface area contributed by atoms with Gasteiger partial charge in [-0.05, 0) is 19.3 Å². The van der Waals surface area contributed by atoms with Gasteiger partial charge in [0.15, 0.2) is 0 Å². The molecule has 2 fully saturated rings. The van der Waals surface area contributed by atoms with Crippen LogP contribution in [0, 0.1) is 0 Å². The molecule has 100 valence electrons. The highest BCUT2D eigenvalue weighted by Crippen LogP contribution is 2.32. The predicted octanol–water partition coefficient (Wildman–Crippen LogP) is 0.332. The van der Waals surface area contributed by atoms with Crippen molar-refractivity contribution in [2.45, 2.75) is 36.7 Å². The van der Waals surface area contributed by atoms with Gasteiger partial charge in [0.1, 0.15) is 6.10 Å². The molecule has 1 aromatic rings. The zero-order chi connectivity index (χ0) is 12.8. The van der Waals surface area contributed by atoms with Crippen LogP contribution in [0.25, 0.3) is 0 Å². The lowest BCUT2D eigenvalue weighted by Crippen LogP contribution is -2.38. The van der Waals surface area contributed by atoms with Gasteiger partial charge in [0.2, 0.25) is 10.0 Å². The minimum Gasteiger partial charge on any atom is -0.372 e. The Morgan fingerprint density at radius 1 is 1.44 bits per heavy atom. The molecule has 2 heterocycles. The Kier molecular flexibility index (Phi) is 2.91. The molecule has 1 N–H and O–H groups in total. The largest absolute Gasteiger partial charge is 0.372 e. The Bertz CT molecular complexity index is 535. The van der Waals surface area contributed by atoms with E-state index in [0.29, 0.717) is 13.0 Å². The molecule has 2 atom stereocenters. The van der Waals surface area contributed by atoms with E-state index in [-0.39, 0.29) is 17.4 Å². The SMILES string of the molecule is Cn1cc([C@H]2OCC[C@@H]2NS(=O)(=O)C2CC2)cn1. The summed E-state index contributed by atoms with van der Waals surface area (Å²) in [5, 5.41) is 3.91. The Labute approximate surface area is 106 Å². The average molecular weight is 271 g/mol. The van der Waals surface area contributed by atoms with Gasteiger partial charge in [-0.2, -0.15) is 5.10 Å². The molecule has 7 heteroatoms. The third-order valence-electron chi connectivity index (χ3n) is 3.42. The summed E-state index contributed by atoms with van der Waals surface area (Å²) in [5.41, 5.74) is 0.929. The van der Waals surface area contributed by atoms with Gasteiger partial charge in [0, 0.05) is 25.4 Å². The monoisotopic (exact) mass is 271 g/mol. The summed E-state index contributed by atoms with van der Waals surface area (Å²) in [5.74, 6) is 0. The highest BCUT2D eigenvalue weighted by atomic mass is 32.2. The number of ether oxygens (including phenoxy) is 1. The highest BCUT2D eigenvalue weighted by molar-refractivity contribution is 7.90. The summed E-state index contributed by atoms with van der Waals surface area (Å²) in [6, 6.07) is -0.167. The maximum atomic E-state index is 11.9. The molecule has 1 saturated carbocycles. The van der Waals surface area contributed by atoms with Crippen molar-refractivity contribution in [2.75, 3.05) is 6.61 Å². The number of aryl methyl sites for hydroxylation is 1. The van der Waals surface area contributed by atoms with Crippen LogP contribution in [0.15, 0.2) is 12.4 Å². The Hall–Kier alpha value is -0.920. The van der Waals surface area contributed by atoms with Crippen LogP contribution >= 0.6 is 0 Å². The first-order valence-electron chi connectivity index (χ1n) is 6.17. The molecular weight excluding hydrogens is 254 g/mol. The molecule has 0 amide bonds. The van der Waals surface area contributed by atoms with E-state index in [9.17, 15) is 8.42 Å². The van der Waals surface area contributed by atoms with E-state index in [1.54, 1.807) is 10.9 Å². The number of aromatic nitrogens is 2. The van der Waals surface area contributed by atoms with Crippen molar-refractivity contribution in [1.82, 2.24) is 14.5 Å². The van der Waals surface area contributed by atoms with Gasteiger partial charge >= 0.3 is 0 Å². The summed E-state index contributed by atoms with van der Waals surface area (Å²) >= 11 is 0. The third kappa shape index (κ3) is 2.30.